The molecule has 1 aliphatic heterocycles. The lowest BCUT2D eigenvalue weighted by molar-refractivity contribution is 0.0930. The highest BCUT2D eigenvalue weighted by Crippen LogP contribution is 2.22. The van der Waals surface area contributed by atoms with Crippen LogP contribution in [0, 0.1) is 0 Å². The fourth-order valence-corrected chi connectivity index (χ4v) is 2.51. The van der Waals surface area contributed by atoms with Crippen molar-refractivity contribution in [3.8, 4) is 0 Å². The Hall–Kier alpha value is -1.06. The van der Waals surface area contributed by atoms with Gasteiger partial charge in [0.05, 0.1) is 19.3 Å². The third-order valence-corrected chi connectivity index (χ3v) is 3.79. The van der Waals surface area contributed by atoms with E-state index in [1.807, 2.05) is 0 Å². The van der Waals surface area contributed by atoms with Crippen molar-refractivity contribution in [2.75, 3.05) is 24.7 Å². The second kappa shape index (κ2) is 6.59. The maximum atomic E-state index is 5.57. The minimum Gasteiger partial charge on any atom is -0.377 e. The van der Waals surface area contributed by atoms with Gasteiger partial charge in [-0.1, -0.05) is 19.1 Å². The lowest BCUT2D eigenvalue weighted by Crippen LogP contribution is -2.45. The van der Waals surface area contributed by atoms with Crippen LogP contribution in [0.15, 0.2) is 24.3 Å². The molecule has 20 heavy (non-hydrogen) atoms. The third-order valence-electron chi connectivity index (χ3n) is 3.79. The van der Waals surface area contributed by atoms with Gasteiger partial charge < -0.3 is 15.0 Å². The van der Waals surface area contributed by atoms with Crippen molar-refractivity contribution in [2.45, 2.75) is 52.2 Å². The van der Waals surface area contributed by atoms with Gasteiger partial charge in [-0.25, -0.2) is 0 Å². The van der Waals surface area contributed by atoms with Gasteiger partial charge in [-0.15, -0.1) is 0 Å². The second-order valence-corrected chi connectivity index (χ2v) is 6.60. The van der Waals surface area contributed by atoms with Crippen molar-refractivity contribution < 1.29 is 4.74 Å². The van der Waals surface area contributed by atoms with Gasteiger partial charge in [-0.2, -0.15) is 0 Å². The number of morpholine rings is 1. The first-order valence-electron chi connectivity index (χ1n) is 7.68. The first-order valence-corrected chi connectivity index (χ1v) is 7.68. The Morgan fingerprint density at radius 1 is 1.25 bits per heavy atom. The van der Waals surface area contributed by atoms with E-state index in [0.717, 1.165) is 32.7 Å². The zero-order valence-electron chi connectivity index (χ0n) is 13.3. The average molecular weight is 276 g/mol. The lowest BCUT2D eigenvalue weighted by Gasteiger charge is -2.37. The Morgan fingerprint density at radius 2 is 1.95 bits per heavy atom. The Balaban J connectivity index is 2.00. The number of rotatable bonds is 4. The summed E-state index contributed by atoms with van der Waals surface area (Å²) >= 11 is 0. The highest BCUT2D eigenvalue weighted by molar-refractivity contribution is 5.49. The van der Waals surface area contributed by atoms with E-state index < -0.39 is 0 Å². The van der Waals surface area contributed by atoms with Gasteiger partial charge in [0.1, 0.15) is 0 Å². The van der Waals surface area contributed by atoms with Crippen LogP contribution in [0.3, 0.4) is 0 Å². The van der Waals surface area contributed by atoms with Gasteiger partial charge in [0.25, 0.3) is 0 Å². The first-order chi connectivity index (χ1) is 9.49. The van der Waals surface area contributed by atoms with Crippen LogP contribution in [0.1, 0.15) is 39.7 Å². The summed E-state index contributed by atoms with van der Waals surface area (Å²) in [7, 11) is 0. The molecule has 1 aromatic rings. The number of nitrogens with zero attached hydrogens (tertiary/aromatic N) is 1. The molecule has 0 bridgehead atoms. The summed E-state index contributed by atoms with van der Waals surface area (Å²) in [6, 6.07) is 9.47. The summed E-state index contributed by atoms with van der Waals surface area (Å²) in [5.74, 6) is 0. The lowest BCUT2D eigenvalue weighted by atomic mass is 10.1. The van der Waals surface area contributed by atoms with E-state index in [0.29, 0.717) is 6.04 Å². The van der Waals surface area contributed by atoms with Crippen molar-refractivity contribution in [1.82, 2.24) is 5.32 Å². The number of hydrogen-bond acceptors (Lipinski definition) is 3. The normalized spacial score (nSPS) is 20.2. The minimum absolute atomic E-state index is 0.163. The molecule has 1 heterocycles. The standard InChI is InChI=1S/C17H28N2O/c1-5-15-13-20-11-10-19(15)16-8-6-14(7-9-16)12-18-17(2,3)4/h6-9,15,18H,5,10-13H2,1-4H3. The SMILES string of the molecule is CCC1COCCN1c1ccc(CNC(C)(C)C)cc1. The summed E-state index contributed by atoms with van der Waals surface area (Å²) in [4.78, 5) is 2.48. The van der Waals surface area contributed by atoms with Crippen LogP contribution in [-0.2, 0) is 11.3 Å². The summed E-state index contributed by atoms with van der Waals surface area (Å²) in [6.45, 7) is 12.4. The monoisotopic (exact) mass is 276 g/mol. The molecule has 1 N–H and O–H groups in total. The Morgan fingerprint density at radius 3 is 2.55 bits per heavy atom. The summed E-state index contributed by atoms with van der Waals surface area (Å²) in [6.07, 6.45) is 1.13. The van der Waals surface area contributed by atoms with Crippen LogP contribution in [0.4, 0.5) is 5.69 Å². The minimum atomic E-state index is 0.163. The van der Waals surface area contributed by atoms with Crippen LogP contribution in [0.25, 0.3) is 0 Å². The quantitative estimate of drug-likeness (QED) is 0.914. The molecule has 0 amide bonds. The van der Waals surface area contributed by atoms with Crippen LogP contribution in [-0.4, -0.2) is 31.3 Å². The van der Waals surface area contributed by atoms with Crippen molar-refractivity contribution in [3.63, 3.8) is 0 Å². The Kier molecular flexibility index (Phi) is 5.06. The number of anilines is 1. The third kappa shape index (κ3) is 4.22. The van der Waals surface area contributed by atoms with E-state index in [4.69, 9.17) is 4.74 Å². The predicted octanol–water partition coefficient (Wildman–Crippen LogP) is 3.19. The molecule has 3 heteroatoms. The smallest absolute Gasteiger partial charge is 0.0670 e. The van der Waals surface area contributed by atoms with Crippen LogP contribution in [0.5, 0.6) is 0 Å². The molecule has 0 saturated carbocycles. The number of hydrogen-bond donors (Lipinski definition) is 1. The summed E-state index contributed by atoms with van der Waals surface area (Å²) in [5, 5.41) is 3.52. The zero-order chi connectivity index (χ0) is 14.6. The second-order valence-electron chi connectivity index (χ2n) is 6.60. The van der Waals surface area contributed by atoms with Crippen LogP contribution < -0.4 is 10.2 Å². The highest BCUT2D eigenvalue weighted by Gasteiger charge is 2.21. The van der Waals surface area contributed by atoms with E-state index in [-0.39, 0.29) is 5.54 Å². The molecule has 1 saturated heterocycles. The maximum absolute atomic E-state index is 5.57. The largest absolute Gasteiger partial charge is 0.377 e. The van der Waals surface area contributed by atoms with E-state index in [2.05, 4.69) is 62.2 Å². The van der Waals surface area contributed by atoms with Gasteiger partial charge >= 0.3 is 0 Å². The Labute approximate surface area is 123 Å². The Bertz CT molecular complexity index is 408. The molecular weight excluding hydrogens is 248 g/mol. The average Bonchev–Trinajstić information content (AvgIpc) is 2.45. The van der Waals surface area contributed by atoms with Gasteiger partial charge in [-0.3, -0.25) is 0 Å². The number of benzene rings is 1. The molecule has 0 aliphatic carbocycles. The number of nitrogens with one attached hydrogen (secondary N) is 1. The van der Waals surface area contributed by atoms with Crippen molar-refractivity contribution in [2.24, 2.45) is 0 Å². The molecular formula is C17H28N2O. The fourth-order valence-electron chi connectivity index (χ4n) is 2.51. The first kappa shape index (κ1) is 15.3. The van der Waals surface area contributed by atoms with Gasteiger partial charge in [-0.05, 0) is 44.9 Å². The van der Waals surface area contributed by atoms with Crippen molar-refractivity contribution >= 4 is 5.69 Å². The van der Waals surface area contributed by atoms with E-state index in [1.165, 1.54) is 11.3 Å². The zero-order valence-corrected chi connectivity index (χ0v) is 13.3. The van der Waals surface area contributed by atoms with E-state index in [9.17, 15) is 0 Å². The van der Waals surface area contributed by atoms with Crippen LogP contribution >= 0.6 is 0 Å². The molecule has 3 nitrogen and oxygen atoms in total. The molecule has 0 radical (unpaired) electrons. The number of ether oxygens (including phenoxy) is 1. The molecule has 1 fully saturated rings. The topological polar surface area (TPSA) is 24.5 Å². The predicted molar refractivity (Wildman–Crippen MR) is 85.3 cm³/mol. The molecule has 0 aromatic heterocycles. The molecule has 0 spiro atoms. The van der Waals surface area contributed by atoms with Crippen LogP contribution in [0.2, 0.25) is 0 Å². The molecule has 112 valence electrons. The fraction of sp³-hybridized carbons (Fsp3) is 0.647. The van der Waals surface area contributed by atoms with Gasteiger partial charge in [0.2, 0.25) is 0 Å². The molecule has 1 aliphatic rings. The highest BCUT2D eigenvalue weighted by atomic mass is 16.5. The molecule has 2 rings (SSSR count). The van der Waals surface area contributed by atoms with Crippen molar-refractivity contribution in [1.29, 1.82) is 0 Å². The maximum Gasteiger partial charge on any atom is 0.0670 e. The van der Waals surface area contributed by atoms with Crippen molar-refractivity contribution in [3.05, 3.63) is 29.8 Å². The van der Waals surface area contributed by atoms with E-state index >= 15 is 0 Å². The summed E-state index contributed by atoms with van der Waals surface area (Å²) in [5.41, 5.74) is 2.82. The van der Waals surface area contributed by atoms with Gasteiger partial charge in [0, 0.05) is 24.3 Å². The van der Waals surface area contributed by atoms with Gasteiger partial charge in [0.15, 0.2) is 0 Å². The molecule has 1 unspecified atom stereocenters. The molecule has 1 aromatic carbocycles. The summed E-state index contributed by atoms with van der Waals surface area (Å²) < 4.78 is 5.57. The van der Waals surface area contributed by atoms with E-state index in [1.54, 1.807) is 0 Å². The molecule has 1 atom stereocenters.